The molecule has 5 rings (SSSR count). The van der Waals surface area contributed by atoms with E-state index in [0.717, 1.165) is 29.7 Å². The van der Waals surface area contributed by atoms with Gasteiger partial charge < -0.3 is 15.0 Å². The molecule has 1 amide bonds. The van der Waals surface area contributed by atoms with Crippen molar-refractivity contribution in [3.8, 4) is 5.75 Å². The van der Waals surface area contributed by atoms with E-state index in [1.54, 1.807) is 17.9 Å². The second-order valence-corrected chi connectivity index (χ2v) is 9.51. The van der Waals surface area contributed by atoms with Gasteiger partial charge in [0.05, 0.1) is 19.6 Å². The molecule has 190 valence electrons. The number of methoxy groups -OCH3 is 1. The zero-order valence-electron chi connectivity index (χ0n) is 21.2. The number of amides is 1. The van der Waals surface area contributed by atoms with Gasteiger partial charge >= 0.3 is 0 Å². The molecule has 0 aliphatic carbocycles. The van der Waals surface area contributed by atoms with Gasteiger partial charge in [0.15, 0.2) is 11.5 Å². The summed E-state index contributed by atoms with van der Waals surface area (Å²) in [6.07, 6.45) is 3.27. The van der Waals surface area contributed by atoms with Crippen molar-refractivity contribution in [2.24, 2.45) is 5.92 Å². The Morgan fingerprint density at radius 2 is 1.84 bits per heavy atom. The summed E-state index contributed by atoms with van der Waals surface area (Å²) in [6, 6.07) is 19.5. The lowest BCUT2D eigenvalue weighted by Crippen LogP contribution is -2.45. The first kappa shape index (κ1) is 24.5. The maximum atomic E-state index is 13.7. The van der Waals surface area contributed by atoms with E-state index in [2.05, 4.69) is 10.3 Å². The lowest BCUT2D eigenvalue weighted by atomic mass is 9.97. The number of aryl methyl sites for hydroxylation is 1. The summed E-state index contributed by atoms with van der Waals surface area (Å²) in [5.74, 6) is 0.927. The van der Waals surface area contributed by atoms with Crippen LogP contribution in [0.4, 0.5) is 5.82 Å². The van der Waals surface area contributed by atoms with Crippen LogP contribution in [0.1, 0.15) is 29.5 Å². The molecule has 0 unspecified atom stereocenters. The maximum Gasteiger partial charge on any atom is 0.295 e. The maximum absolute atomic E-state index is 13.7. The third kappa shape index (κ3) is 5.48. The molecule has 37 heavy (non-hydrogen) atoms. The molecule has 0 spiro atoms. The quantitative estimate of drug-likeness (QED) is 0.419. The zero-order chi connectivity index (χ0) is 25.8. The van der Waals surface area contributed by atoms with Crippen LogP contribution in [0.15, 0.2) is 71.7 Å². The predicted octanol–water partition coefficient (Wildman–Crippen LogP) is 3.69. The van der Waals surface area contributed by atoms with E-state index in [-0.39, 0.29) is 17.4 Å². The number of hydrogen-bond donors (Lipinski definition) is 1. The van der Waals surface area contributed by atoms with E-state index in [1.165, 1.54) is 5.56 Å². The zero-order valence-corrected chi connectivity index (χ0v) is 21.2. The Hall–Kier alpha value is -4.20. The lowest BCUT2D eigenvalue weighted by molar-refractivity contribution is -0.125. The van der Waals surface area contributed by atoms with Gasteiger partial charge in [-0.05, 0) is 55.2 Å². The molecule has 0 radical (unpaired) electrons. The molecule has 1 aliphatic rings. The number of nitrogens with zero attached hydrogens (tertiary/aromatic N) is 4. The van der Waals surface area contributed by atoms with Crippen LogP contribution in [0.25, 0.3) is 11.2 Å². The first-order chi connectivity index (χ1) is 18.0. The summed E-state index contributed by atoms with van der Waals surface area (Å²) in [5.41, 5.74) is 4.22. The highest BCUT2D eigenvalue weighted by Crippen LogP contribution is 2.22. The minimum atomic E-state index is -0.219. The van der Waals surface area contributed by atoms with E-state index in [1.807, 2.05) is 72.5 Å². The molecule has 2 aromatic carbocycles. The summed E-state index contributed by atoms with van der Waals surface area (Å²) >= 11 is 0. The highest BCUT2D eigenvalue weighted by atomic mass is 16.5. The van der Waals surface area contributed by atoms with E-state index < -0.39 is 0 Å². The fourth-order valence-corrected chi connectivity index (χ4v) is 4.75. The fourth-order valence-electron chi connectivity index (χ4n) is 4.75. The number of benzene rings is 2. The molecular weight excluding hydrogens is 466 g/mol. The summed E-state index contributed by atoms with van der Waals surface area (Å²) in [7, 11) is 1.63. The van der Waals surface area contributed by atoms with Gasteiger partial charge in [-0.25, -0.2) is 9.97 Å². The van der Waals surface area contributed by atoms with Crippen LogP contribution in [-0.2, 0) is 17.9 Å². The average Bonchev–Trinajstić information content (AvgIpc) is 2.94. The fraction of sp³-hybridized carbons (Fsp3) is 0.310. The Morgan fingerprint density at radius 3 is 2.59 bits per heavy atom. The Labute approximate surface area is 215 Å². The van der Waals surface area contributed by atoms with Crippen LogP contribution in [-0.4, -0.2) is 40.6 Å². The molecule has 8 nitrogen and oxygen atoms in total. The SMILES string of the molecule is COc1ccc(CNC(=O)[C@@H]2CCCN(c3nc4cccnc4n(Cc4ccc(C)cc4)c3=O)C2)cc1. The standard InChI is InChI=1S/C29H31N5O3/c1-20-7-9-22(10-8-20)18-34-26-25(6-3-15-30-26)32-27(29(34)36)33-16-4-5-23(19-33)28(35)31-17-21-11-13-24(37-2)14-12-21/h3,6-15,23H,4-5,16-19H2,1-2H3,(H,31,35)/t23-/m1/s1. The molecule has 1 N–H and O–H groups in total. The number of anilines is 1. The van der Waals surface area contributed by atoms with Crippen LogP contribution in [0.5, 0.6) is 5.75 Å². The average molecular weight is 498 g/mol. The molecule has 0 saturated carbocycles. The predicted molar refractivity (Wildman–Crippen MR) is 144 cm³/mol. The first-order valence-electron chi connectivity index (χ1n) is 12.6. The molecule has 0 bridgehead atoms. The van der Waals surface area contributed by atoms with Crippen molar-refractivity contribution in [2.45, 2.75) is 32.9 Å². The number of hydrogen-bond acceptors (Lipinski definition) is 6. The Bertz CT molecular complexity index is 1450. The number of pyridine rings is 1. The number of ether oxygens (including phenoxy) is 1. The minimum Gasteiger partial charge on any atom is -0.497 e. The van der Waals surface area contributed by atoms with Crippen molar-refractivity contribution < 1.29 is 9.53 Å². The van der Waals surface area contributed by atoms with Crippen molar-refractivity contribution in [3.63, 3.8) is 0 Å². The number of piperidine rings is 1. The second kappa shape index (κ2) is 10.8. The van der Waals surface area contributed by atoms with Crippen LogP contribution in [0, 0.1) is 12.8 Å². The van der Waals surface area contributed by atoms with Crippen LogP contribution < -0.4 is 20.5 Å². The molecule has 8 heteroatoms. The smallest absolute Gasteiger partial charge is 0.295 e. The Kier molecular flexibility index (Phi) is 7.16. The van der Waals surface area contributed by atoms with Gasteiger partial charge in [0.2, 0.25) is 5.91 Å². The van der Waals surface area contributed by atoms with Crippen molar-refractivity contribution in [1.29, 1.82) is 0 Å². The molecule has 1 aliphatic heterocycles. The third-order valence-corrected chi connectivity index (χ3v) is 6.86. The molecule has 4 aromatic rings. The third-order valence-electron chi connectivity index (χ3n) is 6.86. The van der Waals surface area contributed by atoms with Crippen LogP contribution >= 0.6 is 0 Å². The van der Waals surface area contributed by atoms with Crippen LogP contribution in [0.2, 0.25) is 0 Å². The van der Waals surface area contributed by atoms with Gasteiger partial charge in [-0.15, -0.1) is 0 Å². The number of carbonyl (C=O) groups is 1. The van der Waals surface area contributed by atoms with E-state index in [9.17, 15) is 9.59 Å². The molecule has 1 fully saturated rings. The summed E-state index contributed by atoms with van der Waals surface area (Å²) in [4.78, 5) is 37.9. The number of carbonyl (C=O) groups excluding carboxylic acids is 1. The number of nitrogens with one attached hydrogen (secondary N) is 1. The Balaban J connectivity index is 1.36. The molecule has 1 atom stereocenters. The highest BCUT2D eigenvalue weighted by molar-refractivity contribution is 5.79. The summed E-state index contributed by atoms with van der Waals surface area (Å²) in [6.45, 7) is 4.02. The van der Waals surface area contributed by atoms with E-state index >= 15 is 0 Å². The highest BCUT2D eigenvalue weighted by Gasteiger charge is 2.28. The van der Waals surface area contributed by atoms with E-state index in [4.69, 9.17) is 9.72 Å². The Morgan fingerprint density at radius 1 is 1.08 bits per heavy atom. The molecule has 1 saturated heterocycles. The van der Waals surface area contributed by atoms with Crippen molar-refractivity contribution >= 4 is 22.9 Å². The molecule has 2 aromatic heterocycles. The molecular formula is C29H31N5O3. The summed E-state index contributed by atoms with van der Waals surface area (Å²) in [5, 5.41) is 3.05. The largest absolute Gasteiger partial charge is 0.497 e. The monoisotopic (exact) mass is 497 g/mol. The van der Waals surface area contributed by atoms with Crippen molar-refractivity contribution in [2.75, 3.05) is 25.1 Å². The van der Waals surface area contributed by atoms with Gasteiger partial charge in [0.25, 0.3) is 5.56 Å². The second-order valence-electron chi connectivity index (χ2n) is 9.51. The number of aromatic nitrogens is 3. The number of fused-ring (bicyclic) bond motifs is 1. The van der Waals surface area contributed by atoms with Gasteiger partial charge in [-0.2, -0.15) is 0 Å². The van der Waals surface area contributed by atoms with E-state index in [0.29, 0.717) is 43.2 Å². The van der Waals surface area contributed by atoms with Gasteiger partial charge in [0.1, 0.15) is 11.3 Å². The minimum absolute atomic E-state index is 0.0112. The van der Waals surface area contributed by atoms with Gasteiger partial charge in [0, 0.05) is 25.8 Å². The van der Waals surface area contributed by atoms with Gasteiger partial charge in [-0.3, -0.25) is 14.2 Å². The first-order valence-corrected chi connectivity index (χ1v) is 12.6. The van der Waals surface area contributed by atoms with Crippen molar-refractivity contribution in [1.82, 2.24) is 19.9 Å². The number of rotatable bonds is 7. The van der Waals surface area contributed by atoms with Crippen molar-refractivity contribution in [3.05, 3.63) is 93.9 Å². The summed E-state index contributed by atoms with van der Waals surface area (Å²) < 4.78 is 6.89. The normalized spacial score (nSPS) is 15.5. The van der Waals surface area contributed by atoms with Crippen LogP contribution in [0.3, 0.4) is 0 Å². The molecule has 3 heterocycles. The lowest BCUT2D eigenvalue weighted by Gasteiger charge is -2.32. The topological polar surface area (TPSA) is 89.3 Å². The van der Waals surface area contributed by atoms with Gasteiger partial charge in [-0.1, -0.05) is 42.0 Å².